The van der Waals surface area contributed by atoms with Crippen molar-refractivity contribution in [2.45, 2.75) is 0 Å². The fourth-order valence-electron chi connectivity index (χ4n) is 0.706. The standard InChI is InChI=1S/C8H9N5S/c1-9-12-8(14)13-11-6-7-4-2-3-5-10-7/h2-6H,1H2,(H2,12,13,14)/b11-6+. The van der Waals surface area contributed by atoms with Crippen molar-refractivity contribution in [2.75, 3.05) is 0 Å². The average molecular weight is 207 g/mol. The van der Waals surface area contributed by atoms with Gasteiger partial charge in [0.1, 0.15) is 0 Å². The fraction of sp³-hybridized carbons (Fsp3) is 0. The molecule has 72 valence electrons. The Morgan fingerprint density at radius 1 is 1.50 bits per heavy atom. The molecule has 14 heavy (non-hydrogen) atoms. The van der Waals surface area contributed by atoms with Crippen molar-refractivity contribution in [1.82, 2.24) is 15.8 Å². The molecule has 0 spiro atoms. The van der Waals surface area contributed by atoms with E-state index in [9.17, 15) is 0 Å². The number of hydrogen-bond donors (Lipinski definition) is 2. The van der Waals surface area contributed by atoms with Crippen LogP contribution in [0.4, 0.5) is 0 Å². The van der Waals surface area contributed by atoms with E-state index in [0.29, 0.717) is 0 Å². The molecule has 1 heterocycles. The lowest BCUT2D eigenvalue weighted by Gasteiger charge is -1.98. The highest BCUT2D eigenvalue weighted by Crippen LogP contribution is 1.87. The molecule has 0 radical (unpaired) electrons. The Morgan fingerprint density at radius 3 is 3.00 bits per heavy atom. The van der Waals surface area contributed by atoms with Crippen LogP contribution < -0.4 is 10.9 Å². The minimum Gasteiger partial charge on any atom is -0.255 e. The number of thiocarbonyl (C=S) groups is 1. The van der Waals surface area contributed by atoms with Crippen LogP contribution in [0.1, 0.15) is 5.69 Å². The molecule has 0 atom stereocenters. The van der Waals surface area contributed by atoms with Gasteiger partial charge in [-0.25, -0.2) is 0 Å². The Labute approximate surface area is 86.9 Å². The van der Waals surface area contributed by atoms with Gasteiger partial charge in [-0.2, -0.15) is 10.2 Å². The number of pyridine rings is 1. The number of hydrogen-bond acceptors (Lipinski definition) is 4. The highest BCUT2D eigenvalue weighted by atomic mass is 32.1. The topological polar surface area (TPSA) is 61.7 Å². The van der Waals surface area contributed by atoms with Crippen molar-refractivity contribution >= 4 is 30.3 Å². The zero-order valence-electron chi connectivity index (χ0n) is 7.34. The molecule has 0 aliphatic carbocycles. The maximum absolute atomic E-state index is 4.78. The molecular weight excluding hydrogens is 198 g/mol. The van der Waals surface area contributed by atoms with E-state index in [-0.39, 0.29) is 5.11 Å². The van der Waals surface area contributed by atoms with Gasteiger partial charge in [-0.05, 0) is 24.4 Å². The van der Waals surface area contributed by atoms with E-state index in [4.69, 9.17) is 12.2 Å². The van der Waals surface area contributed by atoms with Crippen LogP contribution in [-0.4, -0.2) is 23.0 Å². The Balaban J connectivity index is 2.42. The minimum atomic E-state index is 0.284. The molecule has 0 aliphatic heterocycles. The second-order valence-electron chi connectivity index (χ2n) is 2.22. The number of aromatic nitrogens is 1. The molecule has 0 amide bonds. The van der Waals surface area contributed by atoms with Gasteiger partial charge in [0.15, 0.2) is 0 Å². The second kappa shape index (κ2) is 5.76. The third kappa shape index (κ3) is 3.72. The molecule has 0 bridgehead atoms. The van der Waals surface area contributed by atoms with Gasteiger partial charge in [0.05, 0.1) is 11.9 Å². The number of rotatable bonds is 3. The molecule has 1 aromatic heterocycles. The molecule has 0 saturated heterocycles. The summed E-state index contributed by atoms with van der Waals surface area (Å²) in [4.78, 5) is 4.03. The van der Waals surface area contributed by atoms with Gasteiger partial charge in [-0.3, -0.25) is 15.8 Å². The minimum absolute atomic E-state index is 0.284. The van der Waals surface area contributed by atoms with Crippen LogP contribution in [0, 0.1) is 0 Å². The van der Waals surface area contributed by atoms with Gasteiger partial charge in [0.2, 0.25) is 5.11 Å². The molecule has 0 fully saturated rings. The molecule has 0 unspecified atom stereocenters. The molecule has 5 nitrogen and oxygen atoms in total. The van der Waals surface area contributed by atoms with E-state index >= 15 is 0 Å². The van der Waals surface area contributed by atoms with Gasteiger partial charge in [0, 0.05) is 12.9 Å². The highest BCUT2D eigenvalue weighted by Gasteiger charge is 1.88. The summed E-state index contributed by atoms with van der Waals surface area (Å²) in [5.74, 6) is 0. The SMILES string of the molecule is C=NNC(=S)N/N=C/c1ccccn1. The molecule has 2 N–H and O–H groups in total. The fourth-order valence-corrected chi connectivity index (χ4v) is 0.823. The predicted octanol–water partition coefficient (Wildman–Crippen LogP) is 0.495. The Hall–Kier alpha value is -1.82. The van der Waals surface area contributed by atoms with E-state index in [1.54, 1.807) is 12.4 Å². The number of nitrogens with one attached hydrogen (secondary N) is 2. The lowest BCUT2D eigenvalue weighted by molar-refractivity contribution is 0.936. The third-order valence-electron chi connectivity index (χ3n) is 1.23. The average Bonchev–Trinajstić information content (AvgIpc) is 2.20. The first-order valence-electron chi connectivity index (χ1n) is 3.78. The van der Waals surface area contributed by atoms with E-state index < -0.39 is 0 Å². The highest BCUT2D eigenvalue weighted by molar-refractivity contribution is 7.80. The van der Waals surface area contributed by atoms with Crippen LogP contribution in [0.2, 0.25) is 0 Å². The smallest absolute Gasteiger partial charge is 0.207 e. The Morgan fingerprint density at radius 2 is 2.36 bits per heavy atom. The summed E-state index contributed by atoms with van der Waals surface area (Å²) in [5.41, 5.74) is 5.72. The van der Waals surface area contributed by atoms with Crippen molar-refractivity contribution in [1.29, 1.82) is 0 Å². The van der Waals surface area contributed by atoms with E-state index in [1.807, 2.05) is 18.2 Å². The van der Waals surface area contributed by atoms with E-state index in [2.05, 4.69) is 32.8 Å². The van der Waals surface area contributed by atoms with Crippen LogP contribution in [-0.2, 0) is 0 Å². The quantitative estimate of drug-likeness (QED) is 0.430. The Bertz CT molecular complexity index is 335. The predicted molar refractivity (Wildman–Crippen MR) is 60.2 cm³/mol. The molecule has 0 aliphatic rings. The van der Waals surface area contributed by atoms with Crippen molar-refractivity contribution in [3.8, 4) is 0 Å². The maximum atomic E-state index is 4.78. The van der Waals surface area contributed by atoms with Crippen LogP contribution >= 0.6 is 12.2 Å². The first kappa shape index (κ1) is 10.3. The van der Waals surface area contributed by atoms with Crippen molar-refractivity contribution in [2.24, 2.45) is 10.2 Å². The second-order valence-corrected chi connectivity index (χ2v) is 2.63. The zero-order valence-corrected chi connectivity index (χ0v) is 8.16. The van der Waals surface area contributed by atoms with Crippen LogP contribution in [0.3, 0.4) is 0 Å². The Kier molecular flexibility index (Phi) is 4.22. The number of hydrazone groups is 2. The van der Waals surface area contributed by atoms with Gasteiger partial charge in [-0.15, -0.1) is 0 Å². The van der Waals surface area contributed by atoms with Crippen molar-refractivity contribution in [3.05, 3.63) is 30.1 Å². The summed E-state index contributed by atoms with van der Waals surface area (Å²) in [7, 11) is 0. The van der Waals surface area contributed by atoms with E-state index in [1.165, 1.54) is 0 Å². The summed E-state index contributed by atoms with van der Waals surface area (Å²) in [6.07, 6.45) is 3.24. The summed E-state index contributed by atoms with van der Waals surface area (Å²) < 4.78 is 0. The molecule has 6 heteroatoms. The molecular formula is C8H9N5S. The lowest BCUT2D eigenvalue weighted by atomic mass is 10.4. The van der Waals surface area contributed by atoms with Gasteiger partial charge in [-0.1, -0.05) is 6.07 Å². The van der Waals surface area contributed by atoms with Gasteiger partial charge >= 0.3 is 0 Å². The summed E-state index contributed by atoms with van der Waals surface area (Å²) >= 11 is 4.78. The number of nitrogens with zero attached hydrogens (tertiary/aromatic N) is 3. The monoisotopic (exact) mass is 207 g/mol. The molecule has 1 rings (SSSR count). The first-order valence-corrected chi connectivity index (χ1v) is 4.19. The summed E-state index contributed by atoms with van der Waals surface area (Å²) in [6.45, 7) is 3.21. The zero-order chi connectivity index (χ0) is 10.2. The van der Waals surface area contributed by atoms with E-state index in [0.717, 1.165) is 5.69 Å². The third-order valence-corrected chi connectivity index (χ3v) is 1.41. The first-order chi connectivity index (χ1) is 6.83. The largest absolute Gasteiger partial charge is 0.255 e. The van der Waals surface area contributed by atoms with Crippen molar-refractivity contribution < 1.29 is 0 Å². The van der Waals surface area contributed by atoms with Crippen molar-refractivity contribution in [3.63, 3.8) is 0 Å². The summed E-state index contributed by atoms with van der Waals surface area (Å²) in [5, 5.41) is 7.48. The van der Waals surface area contributed by atoms with Gasteiger partial charge in [0.25, 0.3) is 0 Å². The lowest BCUT2D eigenvalue weighted by Crippen LogP contribution is -2.27. The van der Waals surface area contributed by atoms with Crippen LogP contribution in [0.5, 0.6) is 0 Å². The summed E-state index contributed by atoms with van der Waals surface area (Å²) in [6, 6.07) is 5.53. The molecule has 0 aromatic carbocycles. The van der Waals surface area contributed by atoms with Gasteiger partial charge < -0.3 is 0 Å². The van der Waals surface area contributed by atoms with Crippen LogP contribution in [0.25, 0.3) is 0 Å². The molecule has 0 saturated carbocycles. The maximum Gasteiger partial charge on any atom is 0.207 e. The molecule has 1 aromatic rings. The van der Waals surface area contributed by atoms with Crippen LogP contribution in [0.15, 0.2) is 34.6 Å². The normalized spacial score (nSPS) is 9.71.